The fourth-order valence-corrected chi connectivity index (χ4v) is 1.90. The van der Waals surface area contributed by atoms with Crippen LogP contribution in [0.4, 0.5) is 0 Å². The van der Waals surface area contributed by atoms with Crippen molar-refractivity contribution in [2.24, 2.45) is 0 Å². The number of carbonyl (C=O) groups is 1. The first-order chi connectivity index (χ1) is 9.72. The van der Waals surface area contributed by atoms with E-state index < -0.39 is 0 Å². The Labute approximate surface area is 118 Å². The zero-order valence-corrected chi connectivity index (χ0v) is 11.8. The number of hydrogen-bond acceptors (Lipinski definition) is 4. The van der Waals surface area contributed by atoms with E-state index in [1.165, 1.54) is 0 Å². The van der Waals surface area contributed by atoms with Crippen molar-refractivity contribution < 1.29 is 9.21 Å². The Morgan fingerprint density at radius 2 is 2.20 bits per heavy atom. The van der Waals surface area contributed by atoms with Crippen LogP contribution in [0.3, 0.4) is 0 Å². The summed E-state index contributed by atoms with van der Waals surface area (Å²) in [6.07, 6.45) is 3.42. The summed E-state index contributed by atoms with van der Waals surface area (Å²) >= 11 is 0. The first-order valence-electron chi connectivity index (χ1n) is 6.79. The van der Waals surface area contributed by atoms with E-state index in [1.54, 1.807) is 18.5 Å². The Hall–Kier alpha value is -2.08. The third-order valence-corrected chi connectivity index (χ3v) is 3.17. The van der Waals surface area contributed by atoms with Gasteiger partial charge in [0.25, 0.3) is 5.91 Å². The molecule has 0 saturated carbocycles. The quantitative estimate of drug-likeness (QED) is 0.808. The van der Waals surface area contributed by atoms with Gasteiger partial charge in [0.1, 0.15) is 5.76 Å². The topological polar surface area (TPSA) is 74.2 Å². The molecule has 1 amide bonds. The van der Waals surface area contributed by atoms with Gasteiger partial charge in [-0.3, -0.25) is 14.8 Å². The van der Waals surface area contributed by atoms with Crippen LogP contribution in [-0.2, 0) is 13.1 Å². The molecule has 6 nitrogen and oxygen atoms in total. The van der Waals surface area contributed by atoms with Crippen LogP contribution in [0, 0.1) is 0 Å². The maximum atomic E-state index is 11.9. The smallest absolute Gasteiger partial charge is 0.287 e. The molecule has 0 atom stereocenters. The highest BCUT2D eigenvalue weighted by atomic mass is 16.4. The minimum atomic E-state index is -0.211. The van der Waals surface area contributed by atoms with Gasteiger partial charge in [-0.2, -0.15) is 5.10 Å². The van der Waals surface area contributed by atoms with Crippen molar-refractivity contribution in [1.82, 2.24) is 20.4 Å². The first-order valence-corrected chi connectivity index (χ1v) is 6.79. The van der Waals surface area contributed by atoms with Gasteiger partial charge in [-0.05, 0) is 25.2 Å². The molecule has 0 saturated heterocycles. The van der Waals surface area contributed by atoms with Gasteiger partial charge in [-0.1, -0.05) is 13.8 Å². The second-order valence-electron chi connectivity index (χ2n) is 4.52. The van der Waals surface area contributed by atoms with Crippen molar-refractivity contribution >= 4 is 5.91 Å². The molecule has 0 spiro atoms. The fourth-order valence-electron chi connectivity index (χ4n) is 1.90. The average Bonchev–Trinajstić information content (AvgIpc) is 3.13. The van der Waals surface area contributed by atoms with Gasteiger partial charge in [-0.15, -0.1) is 0 Å². The normalized spacial score (nSPS) is 10.9. The Morgan fingerprint density at radius 3 is 2.85 bits per heavy atom. The molecule has 6 heteroatoms. The van der Waals surface area contributed by atoms with Crippen LogP contribution in [0.1, 0.15) is 35.7 Å². The highest BCUT2D eigenvalue weighted by Crippen LogP contribution is 2.10. The van der Waals surface area contributed by atoms with E-state index in [0.29, 0.717) is 12.3 Å². The molecule has 0 unspecified atom stereocenters. The van der Waals surface area contributed by atoms with Crippen LogP contribution in [0.2, 0.25) is 0 Å². The van der Waals surface area contributed by atoms with Crippen LogP contribution in [-0.4, -0.2) is 34.1 Å². The summed E-state index contributed by atoms with van der Waals surface area (Å²) in [7, 11) is 0. The molecular weight excluding hydrogens is 256 g/mol. The summed E-state index contributed by atoms with van der Waals surface area (Å²) < 4.78 is 5.57. The Balaban J connectivity index is 1.89. The molecule has 2 rings (SSSR count). The molecule has 2 heterocycles. The minimum Gasteiger partial charge on any atom is -0.455 e. The summed E-state index contributed by atoms with van der Waals surface area (Å²) in [6.45, 7) is 7.28. The van der Waals surface area contributed by atoms with Crippen molar-refractivity contribution in [2.45, 2.75) is 26.9 Å². The van der Waals surface area contributed by atoms with E-state index in [9.17, 15) is 4.79 Å². The third-order valence-electron chi connectivity index (χ3n) is 3.17. The molecule has 0 bridgehead atoms. The summed E-state index contributed by atoms with van der Waals surface area (Å²) in [4.78, 5) is 14.2. The van der Waals surface area contributed by atoms with E-state index >= 15 is 0 Å². The molecule has 0 aromatic carbocycles. The number of amides is 1. The summed E-state index contributed by atoms with van der Waals surface area (Å²) in [5, 5.41) is 9.31. The van der Waals surface area contributed by atoms with E-state index in [4.69, 9.17) is 4.42 Å². The van der Waals surface area contributed by atoms with Crippen LogP contribution in [0.25, 0.3) is 0 Å². The Morgan fingerprint density at radius 1 is 1.40 bits per heavy atom. The fraction of sp³-hybridized carbons (Fsp3) is 0.429. The van der Waals surface area contributed by atoms with Gasteiger partial charge in [0, 0.05) is 18.3 Å². The van der Waals surface area contributed by atoms with Gasteiger partial charge in [0.05, 0.1) is 12.7 Å². The van der Waals surface area contributed by atoms with Gasteiger partial charge < -0.3 is 9.73 Å². The second kappa shape index (κ2) is 6.91. The van der Waals surface area contributed by atoms with Crippen LogP contribution >= 0.6 is 0 Å². The standard InChI is InChI=1S/C14H20N4O2/c1-3-18(4-2)10-12-5-6-13(20-12)14(19)15-7-11-8-16-17-9-11/h5-6,8-9H,3-4,7,10H2,1-2H3,(H,15,19)(H,16,17). The maximum absolute atomic E-state index is 11.9. The van der Waals surface area contributed by atoms with E-state index in [-0.39, 0.29) is 5.91 Å². The highest BCUT2D eigenvalue weighted by Gasteiger charge is 2.12. The van der Waals surface area contributed by atoms with Gasteiger partial charge >= 0.3 is 0 Å². The molecule has 2 aromatic rings. The summed E-state index contributed by atoms with van der Waals surface area (Å²) in [5.74, 6) is 0.940. The van der Waals surface area contributed by atoms with Crippen molar-refractivity contribution in [2.75, 3.05) is 13.1 Å². The van der Waals surface area contributed by atoms with Gasteiger partial charge in [0.2, 0.25) is 0 Å². The predicted molar refractivity (Wildman–Crippen MR) is 75.1 cm³/mol. The monoisotopic (exact) mass is 276 g/mol. The Bertz CT molecular complexity index is 529. The molecule has 108 valence electrons. The molecule has 2 aromatic heterocycles. The molecule has 2 N–H and O–H groups in total. The SMILES string of the molecule is CCN(CC)Cc1ccc(C(=O)NCc2cn[nH]c2)o1. The number of carbonyl (C=O) groups excluding carboxylic acids is 1. The minimum absolute atomic E-state index is 0.211. The van der Waals surface area contributed by atoms with Crippen molar-refractivity contribution in [3.8, 4) is 0 Å². The lowest BCUT2D eigenvalue weighted by Gasteiger charge is -2.15. The molecule has 0 aliphatic rings. The number of nitrogens with zero attached hydrogens (tertiary/aromatic N) is 2. The molecule has 0 fully saturated rings. The molecular formula is C14H20N4O2. The maximum Gasteiger partial charge on any atom is 0.287 e. The van der Waals surface area contributed by atoms with Crippen LogP contribution in [0.5, 0.6) is 0 Å². The summed E-state index contributed by atoms with van der Waals surface area (Å²) in [6, 6.07) is 3.56. The number of furan rings is 1. The Kier molecular flexibility index (Phi) is 4.95. The van der Waals surface area contributed by atoms with Crippen molar-refractivity contribution in [3.63, 3.8) is 0 Å². The van der Waals surface area contributed by atoms with Crippen molar-refractivity contribution in [1.29, 1.82) is 0 Å². The molecule has 20 heavy (non-hydrogen) atoms. The number of aromatic amines is 1. The van der Waals surface area contributed by atoms with Crippen LogP contribution in [0.15, 0.2) is 28.9 Å². The van der Waals surface area contributed by atoms with Crippen LogP contribution < -0.4 is 5.32 Å². The van der Waals surface area contributed by atoms with E-state index in [0.717, 1.165) is 31.0 Å². The number of H-pyrrole nitrogens is 1. The van der Waals surface area contributed by atoms with E-state index in [1.807, 2.05) is 6.07 Å². The first kappa shape index (κ1) is 14.3. The molecule has 0 aliphatic carbocycles. The number of aromatic nitrogens is 2. The summed E-state index contributed by atoms with van der Waals surface area (Å²) in [5.41, 5.74) is 0.924. The predicted octanol–water partition coefficient (Wildman–Crippen LogP) is 1.77. The number of rotatable bonds is 7. The lowest BCUT2D eigenvalue weighted by Crippen LogP contribution is -2.22. The number of hydrogen-bond donors (Lipinski definition) is 2. The highest BCUT2D eigenvalue weighted by molar-refractivity contribution is 5.91. The lowest BCUT2D eigenvalue weighted by molar-refractivity contribution is 0.0919. The zero-order valence-electron chi connectivity index (χ0n) is 11.8. The van der Waals surface area contributed by atoms with Gasteiger partial charge in [0.15, 0.2) is 5.76 Å². The number of nitrogens with one attached hydrogen (secondary N) is 2. The molecule has 0 radical (unpaired) electrons. The van der Waals surface area contributed by atoms with Crippen molar-refractivity contribution in [3.05, 3.63) is 41.6 Å². The van der Waals surface area contributed by atoms with E-state index in [2.05, 4.69) is 34.3 Å². The largest absolute Gasteiger partial charge is 0.455 e. The molecule has 0 aliphatic heterocycles. The lowest BCUT2D eigenvalue weighted by atomic mass is 10.3. The average molecular weight is 276 g/mol. The third kappa shape index (κ3) is 3.71. The second-order valence-corrected chi connectivity index (χ2v) is 4.52. The van der Waals surface area contributed by atoms with Gasteiger partial charge in [-0.25, -0.2) is 0 Å². The zero-order chi connectivity index (χ0) is 14.4.